The number of carbonyl (C=O) groups excluding carboxylic acids is 1. The number of rotatable bonds is 3. The molecule has 2 N–H and O–H groups in total. The first-order valence-electron chi connectivity index (χ1n) is 7.86. The lowest BCUT2D eigenvalue weighted by Crippen LogP contribution is -2.12. The lowest BCUT2D eigenvalue weighted by Gasteiger charge is -2.08. The van der Waals surface area contributed by atoms with Gasteiger partial charge in [-0.2, -0.15) is 0 Å². The second-order valence-electron chi connectivity index (χ2n) is 5.76. The van der Waals surface area contributed by atoms with Crippen LogP contribution in [0.2, 0.25) is 0 Å². The molecule has 2 heterocycles. The Hall–Kier alpha value is -3.08. The fraction of sp³-hybridized carbons (Fsp3) is 0.158. The van der Waals surface area contributed by atoms with Crippen LogP contribution in [0.1, 0.15) is 15.9 Å². The fourth-order valence-electron chi connectivity index (χ4n) is 2.95. The highest BCUT2D eigenvalue weighted by molar-refractivity contribution is 6.06. The van der Waals surface area contributed by atoms with Gasteiger partial charge in [0.15, 0.2) is 0 Å². The lowest BCUT2D eigenvalue weighted by molar-refractivity contribution is 0.102. The van der Waals surface area contributed by atoms with Gasteiger partial charge in [0.25, 0.3) is 5.91 Å². The van der Waals surface area contributed by atoms with E-state index in [0.717, 1.165) is 35.2 Å². The van der Waals surface area contributed by atoms with Crippen LogP contribution in [0.15, 0.2) is 48.5 Å². The summed E-state index contributed by atoms with van der Waals surface area (Å²) in [4.78, 5) is 16.9. The maximum atomic E-state index is 12.5. The third-order valence-corrected chi connectivity index (χ3v) is 4.21. The van der Waals surface area contributed by atoms with Crippen molar-refractivity contribution in [2.24, 2.45) is 0 Å². The average Bonchev–Trinajstić information content (AvgIpc) is 3.08. The van der Waals surface area contributed by atoms with Gasteiger partial charge in [-0.1, -0.05) is 0 Å². The average molecular weight is 319 g/mol. The molecule has 4 rings (SSSR count). The van der Waals surface area contributed by atoms with E-state index in [1.807, 2.05) is 36.4 Å². The number of ether oxygens (including phenoxy) is 1. The molecule has 1 aromatic heterocycles. The number of anilines is 2. The van der Waals surface area contributed by atoms with Gasteiger partial charge in [-0.15, -0.1) is 0 Å². The van der Waals surface area contributed by atoms with Gasteiger partial charge in [0.1, 0.15) is 0 Å². The number of nitrogens with zero attached hydrogens (tertiary/aromatic N) is 1. The molecule has 1 amide bonds. The Balaban J connectivity index is 1.58. The SMILES string of the molecule is COc1ccc2cc(C(=O)Nc3ccc4c(c3)CCN4)ccc2n1. The van der Waals surface area contributed by atoms with Crippen LogP contribution in [0.25, 0.3) is 10.9 Å². The Morgan fingerprint density at radius 2 is 2.08 bits per heavy atom. The topological polar surface area (TPSA) is 63.2 Å². The van der Waals surface area contributed by atoms with Crippen LogP contribution in [-0.4, -0.2) is 24.5 Å². The van der Waals surface area contributed by atoms with Gasteiger partial charge in [0.2, 0.25) is 5.88 Å². The molecule has 5 nitrogen and oxygen atoms in total. The molecule has 3 aromatic rings. The molecule has 1 aliphatic heterocycles. The molecule has 0 bridgehead atoms. The third kappa shape index (κ3) is 2.65. The standard InChI is InChI=1S/C19H17N3O2/c1-24-18-7-3-12-10-14(2-5-17(12)22-18)19(23)21-15-4-6-16-13(11-15)8-9-20-16/h2-7,10-11,20H,8-9H2,1H3,(H,21,23). The second kappa shape index (κ2) is 5.85. The highest BCUT2D eigenvalue weighted by atomic mass is 16.5. The van der Waals surface area contributed by atoms with E-state index >= 15 is 0 Å². The maximum absolute atomic E-state index is 12.5. The van der Waals surface area contributed by atoms with Gasteiger partial charge < -0.3 is 15.4 Å². The van der Waals surface area contributed by atoms with Crippen LogP contribution in [0.4, 0.5) is 11.4 Å². The Kier molecular flexibility index (Phi) is 3.54. The van der Waals surface area contributed by atoms with Crippen molar-refractivity contribution in [1.29, 1.82) is 0 Å². The van der Waals surface area contributed by atoms with Crippen molar-refractivity contribution in [3.8, 4) is 5.88 Å². The van der Waals surface area contributed by atoms with E-state index < -0.39 is 0 Å². The molecule has 120 valence electrons. The Morgan fingerprint density at radius 3 is 2.96 bits per heavy atom. The van der Waals surface area contributed by atoms with Gasteiger partial charge in [-0.05, 0) is 54.4 Å². The molecular formula is C19H17N3O2. The Morgan fingerprint density at radius 1 is 1.17 bits per heavy atom. The van der Waals surface area contributed by atoms with E-state index in [2.05, 4.69) is 15.6 Å². The number of hydrogen-bond acceptors (Lipinski definition) is 4. The molecule has 24 heavy (non-hydrogen) atoms. The predicted octanol–water partition coefficient (Wildman–Crippen LogP) is 3.46. The summed E-state index contributed by atoms with van der Waals surface area (Å²) < 4.78 is 5.12. The summed E-state index contributed by atoms with van der Waals surface area (Å²) in [5, 5.41) is 7.18. The van der Waals surface area contributed by atoms with Crippen LogP contribution < -0.4 is 15.4 Å². The molecule has 0 spiro atoms. The van der Waals surface area contributed by atoms with E-state index in [4.69, 9.17) is 4.74 Å². The van der Waals surface area contributed by atoms with Crippen molar-refractivity contribution in [3.05, 3.63) is 59.7 Å². The second-order valence-corrected chi connectivity index (χ2v) is 5.76. The largest absolute Gasteiger partial charge is 0.481 e. The minimum Gasteiger partial charge on any atom is -0.481 e. The van der Waals surface area contributed by atoms with Crippen molar-refractivity contribution in [2.75, 3.05) is 24.3 Å². The van der Waals surface area contributed by atoms with E-state index in [1.54, 1.807) is 19.2 Å². The maximum Gasteiger partial charge on any atom is 0.255 e. The molecule has 0 atom stereocenters. The number of nitrogens with one attached hydrogen (secondary N) is 2. The molecular weight excluding hydrogens is 302 g/mol. The van der Waals surface area contributed by atoms with E-state index in [-0.39, 0.29) is 5.91 Å². The normalized spacial score (nSPS) is 12.5. The number of hydrogen-bond donors (Lipinski definition) is 2. The Bertz CT molecular complexity index is 937. The van der Waals surface area contributed by atoms with E-state index in [1.165, 1.54) is 5.56 Å². The van der Waals surface area contributed by atoms with Crippen molar-refractivity contribution in [3.63, 3.8) is 0 Å². The highest BCUT2D eigenvalue weighted by Gasteiger charge is 2.12. The van der Waals surface area contributed by atoms with Crippen LogP contribution >= 0.6 is 0 Å². The van der Waals surface area contributed by atoms with Crippen molar-refractivity contribution >= 4 is 28.2 Å². The van der Waals surface area contributed by atoms with E-state index in [9.17, 15) is 4.79 Å². The molecule has 2 aromatic carbocycles. The number of aromatic nitrogens is 1. The van der Waals surface area contributed by atoms with Crippen LogP contribution in [0.3, 0.4) is 0 Å². The number of amides is 1. The van der Waals surface area contributed by atoms with Gasteiger partial charge in [-0.25, -0.2) is 4.98 Å². The van der Waals surface area contributed by atoms with Crippen molar-refractivity contribution in [2.45, 2.75) is 6.42 Å². The van der Waals surface area contributed by atoms with Gasteiger partial charge in [-0.3, -0.25) is 4.79 Å². The molecule has 0 saturated heterocycles. The summed E-state index contributed by atoms with van der Waals surface area (Å²) in [6.07, 6.45) is 0.989. The summed E-state index contributed by atoms with van der Waals surface area (Å²) in [5.41, 5.74) is 4.61. The van der Waals surface area contributed by atoms with Gasteiger partial charge in [0, 0.05) is 34.9 Å². The first-order valence-corrected chi connectivity index (χ1v) is 7.86. The number of methoxy groups -OCH3 is 1. The van der Waals surface area contributed by atoms with Crippen LogP contribution in [0.5, 0.6) is 5.88 Å². The molecule has 0 saturated carbocycles. The summed E-state index contributed by atoms with van der Waals surface area (Å²) in [6, 6.07) is 15.1. The predicted molar refractivity (Wildman–Crippen MR) is 94.9 cm³/mol. The zero-order chi connectivity index (χ0) is 16.5. The number of carbonyl (C=O) groups is 1. The molecule has 0 fully saturated rings. The molecule has 0 radical (unpaired) electrons. The smallest absolute Gasteiger partial charge is 0.255 e. The number of benzene rings is 2. The molecule has 5 heteroatoms. The van der Waals surface area contributed by atoms with Gasteiger partial charge in [0.05, 0.1) is 12.6 Å². The summed E-state index contributed by atoms with van der Waals surface area (Å²) >= 11 is 0. The minimum atomic E-state index is -0.126. The molecule has 0 aliphatic carbocycles. The van der Waals surface area contributed by atoms with Crippen molar-refractivity contribution < 1.29 is 9.53 Å². The van der Waals surface area contributed by atoms with Crippen molar-refractivity contribution in [1.82, 2.24) is 4.98 Å². The highest BCUT2D eigenvalue weighted by Crippen LogP contribution is 2.26. The molecule has 0 unspecified atom stereocenters. The summed E-state index contributed by atoms with van der Waals surface area (Å²) in [7, 11) is 1.59. The number of fused-ring (bicyclic) bond motifs is 2. The quantitative estimate of drug-likeness (QED) is 0.776. The van der Waals surface area contributed by atoms with Crippen LogP contribution in [0, 0.1) is 0 Å². The molecule has 1 aliphatic rings. The minimum absolute atomic E-state index is 0.126. The fourth-order valence-corrected chi connectivity index (χ4v) is 2.95. The first kappa shape index (κ1) is 14.5. The van der Waals surface area contributed by atoms with Gasteiger partial charge >= 0.3 is 0 Å². The number of pyridine rings is 1. The first-order chi connectivity index (χ1) is 11.7. The zero-order valence-corrected chi connectivity index (χ0v) is 13.3. The summed E-state index contributed by atoms with van der Waals surface area (Å²) in [5.74, 6) is 0.435. The third-order valence-electron chi connectivity index (χ3n) is 4.21. The lowest BCUT2D eigenvalue weighted by atomic mass is 10.1. The summed E-state index contributed by atoms with van der Waals surface area (Å²) in [6.45, 7) is 0.952. The zero-order valence-electron chi connectivity index (χ0n) is 13.3. The monoisotopic (exact) mass is 319 g/mol. The van der Waals surface area contributed by atoms with Crippen LogP contribution in [-0.2, 0) is 6.42 Å². The Labute approximate surface area is 139 Å². The van der Waals surface area contributed by atoms with E-state index in [0.29, 0.717) is 11.4 Å².